The van der Waals surface area contributed by atoms with E-state index in [-0.39, 0.29) is 28.4 Å². The van der Waals surface area contributed by atoms with Crippen LogP contribution in [0.25, 0.3) is 10.4 Å². The van der Waals surface area contributed by atoms with Gasteiger partial charge in [0.15, 0.2) is 6.61 Å². The lowest BCUT2D eigenvalue weighted by Gasteiger charge is -2.08. The zero-order chi connectivity index (χ0) is 24.7. The van der Waals surface area contributed by atoms with Crippen molar-refractivity contribution < 1.29 is 32.3 Å². The van der Waals surface area contributed by atoms with E-state index < -0.39 is 34.5 Å². The van der Waals surface area contributed by atoms with E-state index >= 15 is 0 Å². The Bertz CT molecular complexity index is 1300. The van der Waals surface area contributed by atoms with Crippen LogP contribution in [0.2, 0.25) is 0 Å². The molecule has 0 radical (unpaired) electrons. The number of ether oxygens (including phenoxy) is 2. The van der Waals surface area contributed by atoms with Crippen LogP contribution in [-0.4, -0.2) is 45.7 Å². The van der Waals surface area contributed by atoms with Gasteiger partial charge in [0.1, 0.15) is 5.00 Å². The van der Waals surface area contributed by atoms with Crippen LogP contribution in [0.5, 0.6) is 0 Å². The second-order valence-electron chi connectivity index (χ2n) is 7.02. The van der Waals surface area contributed by atoms with Crippen molar-refractivity contribution in [2.24, 2.45) is 0 Å². The number of anilines is 2. The number of hydrogen-bond donors (Lipinski definition) is 2. The Hall–Kier alpha value is -3.70. The van der Waals surface area contributed by atoms with Crippen molar-refractivity contribution >= 4 is 49.9 Å². The number of carbonyl (C=O) groups excluding carboxylic acids is 3. The maximum Gasteiger partial charge on any atom is 0.341 e. The smallest absolute Gasteiger partial charge is 0.341 e. The number of thiophene rings is 1. The van der Waals surface area contributed by atoms with Gasteiger partial charge in [0, 0.05) is 10.6 Å². The van der Waals surface area contributed by atoms with Gasteiger partial charge in [-0.1, -0.05) is 36.4 Å². The van der Waals surface area contributed by atoms with Crippen LogP contribution in [0.4, 0.5) is 10.7 Å². The van der Waals surface area contributed by atoms with E-state index in [4.69, 9.17) is 9.47 Å². The number of amides is 1. The van der Waals surface area contributed by atoms with Crippen LogP contribution in [-0.2, 0) is 24.3 Å². The summed E-state index contributed by atoms with van der Waals surface area (Å²) in [5, 5.41) is 2.87. The summed E-state index contributed by atoms with van der Waals surface area (Å²) in [6.07, 6.45) is 0.987. The van der Waals surface area contributed by atoms with E-state index in [0.717, 1.165) is 16.7 Å². The van der Waals surface area contributed by atoms with Gasteiger partial charge >= 0.3 is 11.9 Å². The predicted octanol–water partition coefficient (Wildman–Crippen LogP) is 3.76. The number of rotatable bonds is 9. The minimum absolute atomic E-state index is 0.0659. The van der Waals surface area contributed by atoms with Crippen LogP contribution < -0.4 is 10.0 Å². The van der Waals surface area contributed by atoms with Crippen molar-refractivity contribution in [3.05, 3.63) is 71.8 Å². The van der Waals surface area contributed by atoms with Crippen LogP contribution in [0.1, 0.15) is 27.6 Å². The third-order valence-electron chi connectivity index (χ3n) is 4.27. The zero-order valence-corrected chi connectivity index (χ0v) is 20.0. The summed E-state index contributed by atoms with van der Waals surface area (Å²) < 4.78 is 35.1. The first-order chi connectivity index (χ1) is 16.2. The Kier molecular flexibility index (Phi) is 8.03. The second-order valence-corrected chi connectivity index (χ2v) is 9.82. The average Bonchev–Trinajstić information content (AvgIpc) is 3.21. The highest BCUT2D eigenvalue weighted by molar-refractivity contribution is 7.92. The van der Waals surface area contributed by atoms with Gasteiger partial charge in [0.2, 0.25) is 10.0 Å². The summed E-state index contributed by atoms with van der Waals surface area (Å²) >= 11 is 1.19. The van der Waals surface area contributed by atoms with Gasteiger partial charge in [-0.05, 0) is 36.8 Å². The highest BCUT2D eigenvalue weighted by atomic mass is 32.2. The van der Waals surface area contributed by atoms with Gasteiger partial charge < -0.3 is 14.8 Å². The van der Waals surface area contributed by atoms with Crippen molar-refractivity contribution in [1.29, 1.82) is 0 Å². The number of carbonyl (C=O) groups is 3. The SMILES string of the molecule is CCOC(=O)c1cc(-c2ccccc2)sc1NC(=O)COC(=O)c1cccc(NS(C)(=O)=O)c1. The molecule has 2 aromatic carbocycles. The molecule has 3 rings (SSSR count). The number of esters is 2. The largest absolute Gasteiger partial charge is 0.462 e. The number of hydrogen-bond acceptors (Lipinski definition) is 8. The number of benzene rings is 2. The molecule has 1 amide bonds. The highest BCUT2D eigenvalue weighted by Gasteiger charge is 2.20. The predicted molar refractivity (Wildman–Crippen MR) is 130 cm³/mol. The normalized spacial score (nSPS) is 10.9. The minimum Gasteiger partial charge on any atom is -0.462 e. The molecule has 0 aliphatic heterocycles. The summed E-state index contributed by atoms with van der Waals surface area (Å²) in [6, 6.07) is 16.7. The highest BCUT2D eigenvalue weighted by Crippen LogP contribution is 2.36. The molecule has 0 aliphatic rings. The Morgan fingerprint density at radius 1 is 0.941 bits per heavy atom. The Morgan fingerprint density at radius 3 is 2.35 bits per heavy atom. The Labute approximate surface area is 200 Å². The van der Waals surface area contributed by atoms with Crippen molar-refractivity contribution in [3.8, 4) is 10.4 Å². The molecule has 34 heavy (non-hydrogen) atoms. The van der Waals surface area contributed by atoms with Crippen LogP contribution in [0.15, 0.2) is 60.7 Å². The fraction of sp³-hybridized carbons (Fsp3) is 0.174. The lowest BCUT2D eigenvalue weighted by Crippen LogP contribution is -2.21. The molecule has 178 valence electrons. The van der Waals surface area contributed by atoms with Crippen molar-refractivity contribution in [2.75, 3.05) is 29.5 Å². The molecule has 1 heterocycles. The maximum atomic E-state index is 12.5. The van der Waals surface area contributed by atoms with Crippen molar-refractivity contribution in [3.63, 3.8) is 0 Å². The molecule has 0 bridgehead atoms. The molecule has 11 heteroatoms. The maximum absolute atomic E-state index is 12.5. The Balaban J connectivity index is 1.69. The van der Waals surface area contributed by atoms with Gasteiger partial charge in [-0.25, -0.2) is 18.0 Å². The lowest BCUT2D eigenvalue weighted by molar-refractivity contribution is -0.119. The summed E-state index contributed by atoms with van der Waals surface area (Å²) in [6.45, 7) is 1.25. The molecule has 0 saturated heterocycles. The monoisotopic (exact) mass is 502 g/mol. The topological polar surface area (TPSA) is 128 Å². The van der Waals surface area contributed by atoms with E-state index in [9.17, 15) is 22.8 Å². The molecule has 0 saturated carbocycles. The van der Waals surface area contributed by atoms with E-state index in [1.807, 2.05) is 30.3 Å². The van der Waals surface area contributed by atoms with E-state index in [1.165, 1.54) is 35.6 Å². The third kappa shape index (κ3) is 6.90. The van der Waals surface area contributed by atoms with E-state index in [1.54, 1.807) is 13.0 Å². The average molecular weight is 503 g/mol. The van der Waals surface area contributed by atoms with Crippen LogP contribution in [0, 0.1) is 0 Å². The standard InChI is InChI=1S/C23H22N2O7S2/c1-3-31-23(28)18-13-19(15-8-5-4-6-9-15)33-21(18)24-20(26)14-32-22(27)16-10-7-11-17(12-16)25-34(2,29)30/h4-13,25H,3,14H2,1-2H3,(H,24,26). The van der Waals surface area contributed by atoms with Gasteiger partial charge in [0.25, 0.3) is 5.91 Å². The summed E-state index contributed by atoms with van der Waals surface area (Å²) in [7, 11) is -3.52. The number of nitrogens with one attached hydrogen (secondary N) is 2. The molecule has 9 nitrogen and oxygen atoms in total. The number of sulfonamides is 1. The molecular formula is C23H22N2O7S2. The first-order valence-electron chi connectivity index (χ1n) is 10.1. The van der Waals surface area contributed by atoms with E-state index in [2.05, 4.69) is 10.0 Å². The molecule has 2 N–H and O–H groups in total. The van der Waals surface area contributed by atoms with Gasteiger partial charge in [-0.2, -0.15) is 0 Å². The molecule has 0 fully saturated rings. The molecule has 0 aliphatic carbocycles. The zero-order valence-electron chi connectivity index (χ0n) is 18.4. The summed E-state index contributed by atoms with van der Waals surface area (Å²) in [5.41, 5.74) is 1.32. The Morgan fingerprint density at radius 2 is 1.68 bits per heavy atom. The molecule has 3 aromatic rings. The fourth-order valence-electron chi connectivity index (χ4n) is 2.89. The van der Waals surface area contributed by atoms with E-state index in [0.29, 0.717) is 0 Å². The minimum atomic E-state index is -3.52. The van der Waals surface area contributed by atoms with Crippen LogP contribution >= 0.6 is 11.3 Å². The van der Waals surface area contributed by atoms with Gasteiger partial charge in [-0.3, -0.25) is 9.52 Å². The lowest BCUT2D eigenvalue weighted by atomic mass is 10.1. The molecule has 1 aromatic heterocycles. The molecule has 0 unspecified atom stereocenters. The first kappa shape index (κ1) is 24.9. The molecule has 0 spiro atoms. The van der Waals surface area contributed by atoms with Gasteiger partial charge in [0.05, 0.1) is 24.0 Å². The molecule has 0 atom stereocenters. The third-order valence-corrected chi connectivity index (χ3v) is 5.98. The summed E-state index contributed by atoms with van der Waals surface area (Å²) in [5.74, 6) is -2.04. The van der Waals surface area contributed by atoms with Crippen LogP contribution in [0.3, 0.4) is 0 Å². The fourth-order valence-corrected chi connectivity index (χ4v) is 4.51. The second kappa shape index (κ2) is 10.9. The molecular weight excluding hydrogens is 480 g/mol. The van der Waals surface area contributed by atoms with Crippen molar-refractivity contribution in [2.45, 2.75) is 6.92 Å². The first-order valence-corrected chi connectivity index (χ1v) is 12.8. The summed E-state index contributed by atoms with van der Waals surface area (Å²) in [4.78, 5) is 37.9. The van der Waals surface area contributed by atoms with Crippen molar-refractivity contribution in [1.82, 2.24) is 0 Å². The van der Waals surface area contributed by atoms with Gasteiger partial charge in [-0.15, -0.1) is 11.3 Å². The quantitative estimate of drug-likeness (QED) is 0.427.